The van der Waals surface area contributed by atoms with Crippen molar-refractivity contribution in [3.05, 3.63) is 35.2 Å². The van der Waals surface area contributed by atoms with Crippen molar-refractivity contribution in [3.63, 3.8) is 0 Å². The van der Waals surface area contributed by atoms with Crippen LogP contribution in [0.4, 0.5) is 13.2 Å². The van der Waals surface area contributed by atoms with E-state index in [9.17, 15) is 26.4 Å². The standard InChI is InChI=1S/C17H16ClF3N4O5S/c1-3-29-11(26)8-23-13(12(18)14(22)17(19,20)21)16-25-24-15(30-16)9-5-4-6-10(7-9)31(2,27)28/h4-7,22-23H,3,8H2,1-2H3/b13-12+,22-14?. The zero-order chi connectivity index (χ0) is 23.4. The number of hydrogen-bond acceptors (Lipinski definition) is 9. The molecule has 1 heterocycles. The van der Waals surface area contributed by atoms with Crippen LogP contribution in [0, 0.1) is 5.41 Å². The molecule has 9 nitrogen and oxygen atoms in total. The van der Waals surface area contributed by atoms with Gasteiger partial charge in [0.1, 0.15) is 12.2 Å². The van der Waals surface area contributed by atoms with Crippen molar-refractivity contribution in [2.75, 3.05) is 19.4 Å². The lowest BCUT2D eigenvalue weighted by atomic mass is 10.2. The maximum Gasteiger partial charge on any atom is 0.434 e. The summed E-state index contributed by atoms with van der Waals surface area (Å²) in [6.07, 6.45) is -4.09. The molecule has 0 spiro atoms. The van der Waals surface area contributed by atoms with Crippen molar-refractivity contribution >= 4 is 38.8 Å². The molecule has 2 N–H and O–H groups in total. The van der Waals surface area contributed by atoms with E-state index in [1.165, 1.54) is 31.2 Å². The van der Waals surface area contributed by atoms with Crippen LogP contribution in [0.5, 0.6) is 0 Å². The summed E-state index contributed by atoms with van der Waals surface area (Å²) in [5.41, 5.74) is -2.34. The molecule has 0 amide bonds. The SMILES string of the molecule is CCOC(=O)CN/C(=C(/Cl)C(=N)C(F)(F)F)c1nnc(-c2cccc(S(C)(=O)=O)c2)o1. The predicted molar refractivity (Wildman–Crippen MR) is 104 cm³/mol. The van der Waals surface area contributed by atoms with Gasteiger partial charge in [-0.15, -0.1) is 10.2 Å². The Morgan fingerprint density at radius 2 is 2.00 bits per heavy atom. The third-order valence-corrected chi connectivity index (χ3v) is 5.07. The van der Waals surface area contributed by atoms with E-state index in [1.54, 1.807) is 0 Å². The van der Waals surface area contributed by atoms with Gasteiger partial charge in [-0.25, -0.2) is 8.42 Å². The second-order valence-electron chi connectivity index (χ2n) is 5.93. The molecule has 0 aliphatic carbocycles. The van der Waals surface area contributed by atoms with E-state index in [4.69, 9.17) is 21.4 Å². The van der Waals surface area contributed by atoms with Crippen molar-refractivity contribution < 1.29 is 35.5 Å². The smallest absolute Gasteiger partial charge is 0.434 e. The van der Waals surface area contributed by atoms with E-state index in [-0.39, 0.29) is 23.0 Å². The lowest BCUT2D eigenvalue weighted by Crippen LogP contribution is -2.28. The molecular weight excluding hydrogens is 465 g/mol. The lowest BCUT2D eigenvalue weighted by molar-refractivity contribution is -0.141. The minimum atomic E-state index is -5.08. The van der Waals surface area contributed by atoms with Crippen LogP contribution in [0.2, 0.25) is 0 Å². The number of nitrogens with one attached hydrogen (secondary N) is 2. The van der Waals surface area contributed by atoms with Crippen LogP contribution < -0.4 is 5.32 Å². The maximum atomic E-state index is 12.9. The molecule has 0 aliphatic rings. The summed E-state index contributed by atoms with van der Waals surface area (Å²) >= 11 is 5.73. The van der Waals surface area contributed by atoms with Crippen LogP contribution >= 0.6 is 11.6 Å². The average Bonchev–Trinajstić information content (AvgIpc) is 3.16. The van der Waals surface area contributed by atoms with Gasteiger partial charge in [0, 0.05) is 11.8 Å². The van der Waals surface area contributed by atoms with E-state index < -0.39 is 50.9 Å². The fraction of sp³-hybridized carbons (Fsp3) is 0.294. The summed E-state index contributed by atoms with van der Waals surface area (Å²) in [5.74, 6) is -1.58. The first kappa shape index (κ1) is 24.3. The molecule has 0 unspecified atom stereocenters. The summed E-state index contributed by atoms with van der Waals surface area (Å²) in [4.78, 5) is 11.5. The molecular formula is C17H16ClF3N4O5S. The number of esters is 1. The molecule has 0 saturated carbocycles. The highest BCUT2D eigenvalue weighted by Crippen LogP contribution is 2.29. The third kappa shape index (κ3) is 6.28. The van der Waals surface area contributed by atoms with Crippen molar-refractivity contribution in [1.29, 1.82) is 5.41 Å². The number of ether oxygens (including phenoxy) is 1. The first-order chi connectivity index (χ1) is 14.3. The van der Waals surface area contributed by atoms with Crippen molar-refractivity contribution in [2.45, 2.75) is 18.0 Å². The van der Waals surface area contributed by atoms with Gasteiger partial charge in [-0.3, -0.25) is 10.2 Å². The number of aromatic nitrogens is 2. The molecule has 0 fully saturated rings. The Balaban J connectivity index is 2.48. The quantitative estimate of drug-likeness (QED) is 0.435. The van der Waals surface area contributed by atoms with E-state index in [0.29, 0.717) is 0 Å². The van der Waals surface area contributed by atoms with E-state index in [1.807, 2.05) is 0 Å². The zero-order valence-corrected chi connectivity index (χ0v) is 17.7. The van der Waals surface area contributed by atoms with E-state index in [0.717, 1.165) is 6.26 Å². The molecule has 14 heteroatoms. The lowest BCUT2D eigenvalue weighted by Gasteiger charge is -2.12. The van der Waals surface area contributed by atoms with Gasteiger partial charge < -0.3 is 14.5 Å². The molecule has 1 aromatic heterocycles. The van der Waals surface area contributed by atoms with Crippen LogP contribution in [0.1, 0.15) is 12.8 Å². The first-order valence-electron chi connectivity index (χ1n) is 8.44. The largest absolute Gasteiger partial charge is 0.465 e. The van der Waals surface area contributed by atoms with Crippen LogP contribution in [0.3, 0.4) is 0 Å². The number of benzene rings is 1. The number of alkyl halides is 3. The highest BCUT2D eigenvalue weighted by atomic mass is 35.5. The number of hydrogen-bond donors (Lipinski definition) is 2. The van der Waals surface area contributed by atoms with Gasteiger partial charge in [0.15, 0.2) is 15.5 Å². The molecule has 1 aromatic carbocycles. The van der Waals surface area contributed by atoms with Crippen molar-refractivity contribution in [1.82, 2.24) is 15.5 Å². The normalized spacial score (nSPS) is 12.8. The number of halogens is 4. The van der Waals surface area contributed by atoms with Gasteiger partial charge in [0.2, 0.25) is 5.89 Å². The van der Waals surface area contributed by atoms with Gasteiger partial charge in [-0.1, -0.05) is 17.7 Å². The van der Waals surface area contributed by atoms with Gasteiger partial charge in [-0.2, -0.15) is 13.2 Å². The molecule has 0 radical (unpaired) electrons. The van der Waals surface area contributed by atoms with Crippen LogP contribution in [-0.2, 0) is 19.4 Å². The molecule has 0 atom stereocenters. The molecule has 31 heavy (non-hydrogen) atoms. The highest BCUT2D eigenvalue weighted by Gasteiger charge is 2.38. The van der Waals surface area contributed by atoms with Crippen LogP contribution in [0.25, 0.3) is 17.2 Å². The maximum absolute atomic E-state index is 12.9. The minimum Gasteiger partial charge on any atom is -0.465 e. The van der Waals surface area contributed by atoms with E-state index in [2.05, 4.69) is 20.3 Å². The number of carbonyl (C=O) groups is 1. The average molecular weight is 481 g/mol. The Kier molecular flexibility index (Phi) is 7.44. The van der Waals surface area contributed by atoms with Crippen molar-refractivity contribution in [2.24, 2.45) is 0 Å². The molecule has 168 valence electrons. The topological polar surface area (TPSA) is 135 Å². The van der Waals surface area contributed by atoms with Crippen molar-refractivity contribution in [3.8, 4) is 11.5 Å². The molecule has 0 aliphatic heterocycles. The fourth-order valence-electron chi connectivity index (χ4n) is 2.17. The monoisotopic (exact) mass is 480 g/mol. The van der Waals surface area contributed by atoms with Gasteiger partial charge in [0.25, 0.3) is 5.89 Å². The molecule has 0 bridgehead atoms. The highest BCUT2D eigenvalue weighted by molar-refractivity contribution is 7.90. The zero-order valence-electron chi connectivity index (χ0n) is 16.1. The van der Waals surface area contributed by atoms with E-state index >= 15 is 0 Å². The summed E-state index contributed by atoms with van der Waals surface area (Å²) in [6.45, 7) is 0.981. The second-order valence-corrected chi connectivity index (χ2v) is 8.33. The van der Waals surface area contributed by atoms with Gasteiger partial charge in [0.05, 0.1) is 16.5 Å². The minimum absolute atomic E-state index is 0.0348. The predicted octanol–water partition coefficient (Wildman–Crippen LogP) is 2.78. The third-order valence-electron chi connectivity index (χ3n) is 3.59. The summed E-state index contributed by atoms with van der Waals surface area (Å²) < 4.78 is 72.3. The number of carbonyl (C=O) groups excluding carboxylic acids is 1. The fourth-order valence-corrected chi connectivity index (χ4v) is 3.09. The Morgan fingerprint density at radius 1 is 1.32 bits per heavy atom. The van der Waals surface area contributed by atoms with Crippen LogP contribution in [-0.4, -0.2) is 55.9 Å². The summed E-state index contributed by atoms with van der Waals surface area (Å²) in [7, 11) is -3.54. The second kappa shape index (κ2) is 9.47. The van der Waals surface area contributed by atoms with Gasteiger partial charge >= 0.3 is 12.1 Å². The van der Waals surface area contributed by atoms with Crippen LogP contribution in [0.15, 0.2) is 38.6 Å². The molecule has 2 aromatic rings. The summed E-state index contributed by atoms with van der Waals surface area (Å²) in [5, 5.41) is 15.7. The summed E-state index contributed by atoms with van der Waals surface area (Å²) in [6, 6.07) is 5.43. The number of allylic oxidation sites excluding steroid dienone is 1. The Bertz CT molecular complexity index is 1130. The Morgan fingerprint density at radius 3 is 2.58 bits per heavy atom. The molecule has 2 rings (SSSR count). The Labute approximate surface area is 179 Å². The van der Waals surface area contributed by atoms with Gasteiger partial charge in [-0.05, 0) is 25.1 Å². The first-order valence-corrected chi connectivity index (χ1v) is 10.7. The number of nitrogens with zero attached hydrogens (tertiary/aromatic N) is 2. The number of rotatable bonds is 8. The molecule has 0 saturated heterocycles. The number of sulfone groups is 1. The Hall–Kier alpha value is -2.93.